The molecule has 0 aliphatic carbocycles. The lowest BCUT2D eigenvalue weighted by atomic mass is 10.0. The van der Waals surface area contributed by atoms with Crippen LogP contribution in [0.15, 0.2) is 18.2 Å². The number of non-ortho nitro benzene ring substituents is 1. The van der Waals surface area contributed by atoms with E-state index in [0.717, 1.165) is 21.9 Å². The first-order valence-electron chi connectivity index (χ1n) is 7.86. The molecule has 1 atom stereocenters. The van der Waals surface area contributed by atoms with Gasteiger partial charge in [0.05, 0.1) is 29.2 Å². The van der Waals surface area contributed by atoms with Gasteiger partial charge in [0.15, 0.2) is 0 Å². The number of hydrogen-bond acceptors (Lipinski definition) is 7. The Morgan fingerprint density at radius 3 is 2.54 bits per heavy atom. The van der Waals surface area contributed by atoms with E-state index in [1.807, 2.05) is 0 Å². The van der Waals surface area contributed by atoms with Crippen LogP contribution in [-0.2, 0) is 14.3 Å². The number of carbonyl (C=O) groups is 4. The minimum Gasteiger partial charge on any atom is -0.383 e. The van der Waals surface area contributed by atoms with Crippen LogP contribution in [0.25, 0.3) is 0 Å². The zero-order valence-electron chi connectivity index (χ0n) is 13.8. The molecule has 10 heteroatoms. The molecule has 1 unspecified atom stereocenters. The van der Waals surface area contributed by atoms with Gasteiger partial charge in [0, 0.05) is 25.7 Å². The third-order valence-corrected chi connectivity index (χ3v) is 4.43. The zero-order chi connectivity index (χ0) is 19.0. The minimum absolute atomic E-state index is 0.00761. The van der Waals surface area contributed by atoms with E-state index in [4.69, 9.17) is 4.74 Å². The van der Waals surface area contributed by atoms with E-state index in [1.165, 1.54) is 13.2 Å². The lowest BCUT2D eigenvalue weighted by Crippen LogP contribution is -2.56. The average molecular weight is 361 g/mol. The number of nitro benzene ring substituents is 1. The first kappa shape index (κ1) is 17.7. The van der Waals surface area contributed by atoms with Crippen molar-refractivity contribution in [2.24, 2.45) is 0 Å². The first-order valence-corrected chi connectivity index (χ1v) is 7.86. The number of ether oxygens (including phenoxy) is 1. The molecule has 1 saturated heterocycles. The molecular formula is C16H15N3O7. The predicted molar refractivity (Wildman–Crippen MR) is 85.2 cm³/mol. The number of nitro groups is 1. The average Bonchev–Trinajstić information content (AvgIpc) is 2.86. The Labute approximate surface area is 147 Å². The fourth-order valence-electron chi connectivity index (χ4n) is 3.12. The summed E-state index contributed by atoms with van der Waals surface area (Å²) in [5, 5.41) is 10.9. The third kappa shape index (κ3) is 2.73. The highest BCUT2D eigenvalue weighted by Crippen LogP contribution is 2.31. The van der Waals surface area contributed by atoms with E-state index in [0.29, 0.717) is 0 Å². The maximum Gasteiger partial charge on any atom is 0.270 e. The Morgan fingerprint density at radius 1 is 1.19 bits per heavy atom. The number of nitrogens with zero attached hydrogens (tertiary/aromatic N) is 3. The Bertz CT molecular complexity index is 835. The molecule has 0 aromatic heterocycles. The van der Waals surface area contributed by atoms with Gasteiger partial charge in [-0.1, -0.05) is 0 Å². The number of benzene rings is 1. The molecule has 2 aliphatic heterocycles. The lowest BCUT2D eigenvalue weighted by molar-refractivity contribution is -0.384. The first-order chi connectivity index (χ1) is 12.4. The normalized spacial score (nSPS) is 20.0. The van der Waals surface area contributed by atoms with Crippen LogP contribution in [0.1, 0.15) is 33.6 Å². The van der Waals surface area contributed by atoms with Gasteiger partial charge in [0.25, 0.3) is 23.4 Å². The monoisotopic (exact) mass is 361 g/mol. The van der Waals surface area contributed by atoms with E-state index in [2.05, 4.69) is 0 Å². The molecule has 1 fully saturated rings. The van der Waals surface area contributed by atoms with E-state index in [-0.39, 0.29) is 42.8 Å². The number of carbonyl (C=O) groups excluding carboxylic acids is 4. The number of amides is 4. The topological polar surface area (TPSA) is 127 Å². The van der Waals surface area contributed by atoms with Crippen LogP contribution >= 0.6 is 0 Å². The number of piperidine rings is 1. The molecular weight excluding hydrogens is 346 g/mol. The van der Waals surface area contributed by atoms with Gasteiger partial charge in [0.2, 0.25) is 5.91 Å². The summed E-state index contributed by atoms with van der Waals surface area (Å²) in [5.74, 6) is -2.51. The number of rotatable bonds is 5. The van der Waals surface area contributed by atoms with E-state index in [1.54, 1.807) is 0 Å². The molecule has 0 bridgehead atoms. The van der Waals surface area contributed by atoms with Crippen LogP contribution in [0.2, 0.25) is 0 Å². The van der Waals surface area contributed by atoms with Crippen molar-refractivity contribution in [3.63, 3.8) is 0 Å². The number of imide groups is 2. The van der Waals surface area contributed by atoms with Crippen molar-refractivity contribution in [1.29, 1.82) is 0 Å². The second-order valence-electron chi connectivity index (χ2n) is 5.90. The van der Waals surface area contributed by atoms with Crippen LogP contribution in [0.4, 0.5) is 5.69 Å². The van der Waals surface area contributed by atoms with Gasteiger partial charge in [0.1, 0.15) is 6.04 Å². The van der Waals surface area contributed by atoms with E-state index in [9.17, 15) is 29.3 Å². The summed E-state index contributed by atoms with van der Waals surface area (Å²) in [6.45, 7) is 0.165. The molecule has 2 aliphatic rings. The van der Waals surface area contributed by atoms with Crippen LogP contribution in [0.3, 0.4) is 0 Å². The van der Waals surface area contributed by atoms with Crippen LogP contribution in [0, 0.1) is 10.1 Å². The Hall–Kier alpha value is -3.14. The number of likely N-dealkylation sites (tertiary alicyclic amines) is 1. The summed E-state index contributed by atoms with van der Waals surface area (Å²) in [6.07, 6.45) is 0.0301. The molecule has 2 heterocycles. The van der Waals surface area contributed by atoms with Gasteiger partial charge in [-0.2, -0.15) is 0 Å². The lowest BCUT2D eigenvalue weighted by Gasteiger charge is -2.34. The Morgan fingerprint density at radius 2 is 1.88 bits per heavy atom. The number of fused-ring (bicyclic) bond motifs is 1. The largest absolute Gasteiger partial charge is 0.383 e. The van der Waals surface area contributed by atoms with Crippen LogP contribution in [0.5, 0.6) is 0 Å². The van der Waals surface area contributed by atoms with Gasteiger partial charge >= 0.3 is 0 Å². The van der Waals surface area contributed by atoms with Gasteiger partial charge in [-0.3, -0.25) is 39.1 Å². The summed E-state index contributed by atoms with van der Waals surface area (Å²) in [7, 11) is 1.42. The molecule has 1 aromatic rings. The molecule has 136 valence electrons. The summed E-state index contributed by atoms with van der Waals surface area (Å²) in [5.41, 5.74) is -0.426. The second-order valence-corrected chi connectivity index (χ2v) is 5.90. The predicted octanol–water partition coefficient (Wildman–Crippen LogP) is 0.355. The van der Waals surface area contributed by atoms with Gasteiger partial charge in [-0.25, -0.2) is 0 Å². The summed E-state index contributed by atoms with van der Waals surface area (Å²) in [6, 6.07) is 2.24. The SMILES string of the molecule is COCCN1C(=O)CCC(N2C(=O)c3ccc([N+](=O)[O-])cc3C2=O)C1=O. The molecule has 3 rings (SSSR count). The fraction of sp³-hybridized carbons (Fsp3) is 0.375. The maximum atomic E-state index is 12.6. The van der Waals surface area contributed by atoms with Crippen LogP contribution in [-0.4, -0.2) is 64.7 Å². The van der Waals surface area contributed by atoms with Crippen molar-refractivity contribution < 1.29 is 28.8 Å². The third-order valence-electron chi connectivity index (χ3n) is 4.43. The highest BCUT2D eigenvalue weighted by molar-refractivity contribution is 6.23. The molecule has 4 amide bonds. The molecule has 0 saturated carbocycles. The standard InChI is InChI=1S/C16H15N3O7/c1-26-7-6-17-13(20)5-4-12(16(17)23)18-14(21)10-3-2-9(19(24)25)8-11(10)15(18)22/h2-3,8,12H,4-7H2,1H3. The number of hydrogen-bond donors (Lipinski definition) is 0. The Kier molecular flexibility index (Phi) is 4.51. The highest BCUT2D eigenvalue weighted by atomic mass is 16.6. The molecule has 26 heavy (non-hydrogen) atoms. The Balaban J connectivity index is 1.91. The van der Waals surface area contributed by atoms with Crippen LogP contribution < -0.4 is 0 Å². The van der Waals surface area contributed by atoms with E-state index < -0.39 is 34.6 Å². The summed E-state index contributed by atoms with van der Waals surface area (Å²) in [4.78, 5) is 61.8. The molecule has 1 aromatic carbocycles. The van der Waals surface area contributed by atoms with Crippen molar-refractivity contribution in [2.45, 2.75) is 18.9 Å². The zero-order valence-corrected chi connectivity index (χ0v) is 13.8. The summed E-state index contributed by atoms with van der Waals surface area (Å²) < 4.78 is 4.87. The highest BCUT2D eigenvalue weighted by Gasteiger charge is 2.47. The van der Waals surface area contributed by atoms with Gasteiger partial charge < -0.3 is 4.74 Å². The number of methoxy groups -OCH3 is 1. The van der Waals surface area contributed by atoms with Crippen molar-refractivity contribution >= 4 is 29.3 Å². The minimum atomic E-state index is -1.11. The quantitative estimate of drug-likeness (QED) is 0.421. The van der Waals surface area contributed by atoms with Crippen molar-refractivity contribution in [1.82, 2.24) is 9.80 Å². The van der Waals surface area contributed by atoms with Gasteiger partial charge in [-0.15, -0.1) is 0 Å². The molecule has 0 N–H and O–H groups in total. The van der Waals surface area contributed by atoms with Crippen molar-refractivity contribution in [3.8, 4) is 0 Å². The molecule has 10 nitrogen and oxygen atoms in total. The summed E-state index contributed by atoms with van der Waals surface area (Å²) >= 11 is 0. The van der Waals surface area contributed by atoms with E-state index >= 15 is 0 Å². The van der Waals surface area contributed by atoms with Crippen molar-refractivity contribution in [2.75, 3.05) is 20.3 Å². The van der Waals surface area contributed by atoms with Crippen molar-refractivity contribution in [3.05, 3.63) is 39.4 Å². The molecule has 0 spiro atoms. The maximum absolute atomic E-state index is 12.6. The smallest absolute Gasteiger partial charge is 0.270 e. The second kappa shape index (κ2) is 6.64. The van der Waals surface area contributed by atoms with Gasteiger partial charge in [-0.05, 0) is 12.5 Å². The fourth-order valence-corrected chi connectivity index (χ4v) is 3.12. The molecule has 0 radical (unpaired) electrons.